The number of carbonyl (C=O) groups excluding carboxylic acids is 2. The molecule has 0 fully saturated rings. The maximum atomic E-state index is 13.2. The minimum atomic E-state index is -0.597. The van der Waals surface area contributed by atoms with Crippen molar-refractivity contribution in [2.24, 2.45) is 5.92 Å². The zero-order valence-electron chi connectivity index (χ0n) is 18.9. The van der Waals surface area contributed by atoms with Crippen molar-refractivity contribution in [3.05, 3.63) is 58.6 Å². The maximum absolute atomic E-state index is 13.2. The van der Waals surface area contributed by atoms with Crippen LogP contribution in [0.25, 0.3) is 0 Å². The van der Waals surface area contributed by atoms with E-state index >= 15 is 0 Å². The molecule has 0 unspecified atom stereocenters. The molecule has 0 radical (unpaired) electrons. The van der Waals surface area contributed by atoms with Crippen molar-refractivity contribution in [3.63, 3.8) is 0 Å². The summed E-state index contributed by atoms with van der Waals surface area (Å²) in [5, 5.41) is 3.53. The number of carbonyl (C=O) groups is 2. The number of nitrogens with one attached hydrogen (secondary N) is 1. The monoisotopic (exact) mass is 458 g/mol. The van der Waals surface area contributed by atoms with E-state index < -0.39 is 6.04 Å². The van der Waals surface area contributed by atoms with Gasteiger partial charge < -0.3 is 19.7 Å². The summed E-state index contributed by atoms with van der Waals surface area (Å²) in [5.74, 6) is 1.52. The minimum absolute atomic E-state index is 0.0907. The van der Waals surface area contributed by atoms with Crippen molar-refractivity contribution in [3.8, 4) is 11.5 Å². The van der Waals surface area contributed by atoms with Crippen molar-refractivity contribution < 1.29 is 19.1 Å². The van der Waals surface area contributed by atoms with Gasteiger partial charge in [0.1, 0.15) is 19.3 Å². The Kier molecular flexibility index (Phi) is 8.39. The molecule has 0 bridgehead atoms. The molecule has 1 aliphatic rings. The highest BCUT2D eigenvalue weighted by Gasteiger charge is 2.26. The highest BCUT2D eigenvalue weighted by molar-refractivity contribution is 6.30. The summed E-state index contributed by atoms with van der Waals surface area (Å²) in [6, 6.07) is 12.5. The fourth-order valence-corrected chi connectivity index (χ4v) is 3.72. The van der Waals surface area contributed by atoms with Gasteiger partial charge in [-0.05, 0) is 54.7 Å². The lowest BCUT2D eigenvalue weighted by Crippen LogP contribution is -2.48. The summed E-state index contributed by atoms with van der Waals surface area (Å²) in [6.45, 7) is 7.78. The molecule has 0 saturated heterocycles. The molecular weight excluding hydrogens is 428 g/mol. The van der Waals surface area contributed by atoms with Gasteiger partial charge in [0.05, 0.1) is 0 Å². The van der Waals surface area contributed by atoms with Gasteiger partial charge in [-0.1, -0.05) is 43.6 Å². The second-order valence-electron chi connectivity index (χ2n) is 8.44. The molecule has 6 nitrogen and oxygen atoms in total. The summed E-state index contributed by atoms with van der Waals surface area (Å²) >= 11 is 6.13. The molecular formula is C25H31ClN2O4. The Balaban J connectivity index is 1.70. The number of nitrogens with zero attached hydrogens (tertiary/aromatic N) is 1. The zero-order chi connectivity index (χ0) is 23.1. The van der Waals surface area contributed by atoms with E-state index in [4.69, 9.17) is 21.1 Å². The summed E-state index contributed by atoms with van der Waals surface area (Å²) in [6.07, 6.45) is 0.823. The maximum Gasteiger partial charge on any atom is 0.242 e. The van der Waals surface area contributed by atoms with Crippen LogP contribution in [0.15, 0.2) is 42.5 Å². The molecule has 0 aromatic heterocycles. The lowest BCUT2D eigenvalue weighted by atomic mass is 10.1. The lowest BCUT2D eigenvalue weighted by molar-refractivity contribution is -0.140. The molecule has 172 valence electrons. The third-order valence-corrected chi connectivity index (χ3v) is 5.56. The van der Waals surface area contributed by atoms with Crippen LogP contribution in [0.5, 0.6) is 11.5 Å². The van der Waals surface area contributed by atoms with Crippen molar-refractivity contribution >= 4 is 23.4 Å². The smallest absolute Gasteiger partial charge is 0.242 e. The molecule has 0 saturated carbocycles. The van der Waals surface area contributed by atoms with Gasteiger partial charge in [-0.2, -0.15) is 0 Å². The number of halogens is 1. The number of aryl methyl sites for hydroxylation is 1. The van der Waals surface area contributed by atoms with Crippen LogP contribution in [0.2, 0.25) is 5.02 Å². The first-order valence-electron chi connectivity index (χ1n) is 11.0. The highest BCUT2D eigenvalue weighted by atomic mass is 35.5. The second kappa shape index (κ2) is 11.2. The molecule has 0 aliphatic carbocycles. The number of amides is 2. The lowest BCUT2D eigenvalue weighted by Gasteiger charge is -2.29. The molecule has 7 heteroatoms. The van der Waals surface area contributed by atoms with Crippen LogP contribution in [0.4, 0.5) is 0 Å². The van der Waals surface area contributed by atoms with Crippen molar-refractivity contribution in [1.29, 1.82) is 0 Å². The van der Waals surface area contributed by atoms with Crippen molar-refractivity contribution in [2.75, 3.05) is 19.8 Å². The first-order chi connectivity index (χ1) is 15.3. The first kappa shape index (κ1) is 23.9. The van der Waals surface area contributed by atoms with Crippen LogP contribution in [-0.2, 0) is 22.6 Å². The van der Waals surface area contributed by atoms with Crippen LogP contribution >= 0.6 is 11.6 Å². The molecule has 2 aromatic carbocycles. The SMILES string of the molecule is CC(C)CNC(=O)[C@@H](C)N(Cc1cccc(Cl)c1)C(=O)CCc1ccc2c(c1)OCCO2. The van der Waals surface area contributed by atoms with Gasteiger partial charge in [-0.3, -0.25) is 9.59 Å². The molecule has 2 aromatic rings. The average molecular weight is 459 g/mol. The van der Waals surface area contributed by atoms with Crippen molar-refractivity contribution in [1.82, 2.24) is 10.2 Å². The third-order valence-electron chi connectivity index (χ3n) is 5.33. The Morgan fingerprint density at radius 3 is 2.50 bits per heavy atom. The minimum Gasteiger partial charge on any atom is -0.486 e. The van der Waals surface area contributed by atoms with Crippen LogP contribution in [0.3, 0.4) is 0 Å². The Morgan fingerprint density at radius 1 is 1.03 bits per heavy atom. The molecule has 1 heterocycles. The zero-order valence-corrected chi connectivity index (χ0v) is 19.7. The number of hydrogen-bond donors (Lipinski definition) is 1. The number of hydrogen-bond acceptors (Lipinski definition) is 4. The molecule has 1 N–H and O–H groups in total. The van der Waals surface area contributed by atoms with Gasteiger partial charge in [0.15, 0.2) is 11.5 Å². The molecule has 2 amide bonds. The largest absolute Gasteiger partial charge is 0.486 e. The van der Waals surface area contributed by atoms with E-state index in [1.54, 1.807) is 17.9 Å². The summed E-state index contributed by atoms with van der Waals surface area (Å²) in [7, 11) is 0. The fraction of sp³-hybridized carbons (Fsp3) is 0.440. The van der Waals surface area contributed by atoms with E-state index in [2.05, 4.69) is 5.32 Å². The Bertz CT molecular complexity index is 947. The quantitative estimate of drug-likeness (QED) is 0.610. The summed E-state index contributed by atoms with van der Waals surface area (Å²) < 4.78 is 11.2. The van der Waals surface area contributed by atoms with E-state index in [0.717, 1.165) is 16.9 Å². The summed E-state index contributed by atoms with van der Waals surface area (Å²) in [4.78, 5) is 27.6. The van der Waals surface area contributed by atoms with Gasteiger partial charge in [0, 0.05) is 24.5 Å². The van der Waals surface area contributed by atoms with Crippen LogP contribution in [0.1, 0.15) is 38.3 Å². The second-order valence-corrected chi connectivity index (χ2v) is 8.88. The standard InChI is InChI=1S/C25H31ClN2O4/c1-17(2)15-27-25(30)18(3)28(16-20-5-4-6-21(26)13-20)24(29)10-8-19-7-9-22-23(14-19)32-12-11-31-22/h4-7,9,13-14,17-18H,8,10-12,15-16H2,1-3H3,(H,27,30)/t18-/m1/s1. The van der Waals surface area contributed by atoms with Gasteiger partial charge in [-0.25, -0.2) is 0 Å². The molecule has 3 rings (SSSR count). The summed E-state index contributed by atoms with van der Waals surface area (Å²) in [5.41, 5.74) is 1.87. The number of rotatable bonds is 9. The topological polar surface area (TPSA) is 67.9 Å². The normalized spacial score (nSPS) is 13.5. The Labute approximate surface area is 194 Å². The molecule has 0 spiro atoms. The number of fused-ring (bicyclic) bond motifs is 1. The third kappa shape index (κ3) is 6.63. The predicted octanol–water partition coefficient (Wildman–Crippen LogP) is 4.23. The Morgan fingerprint density at radius 2 is 1.78 bits per heavy atom. The van der Waals surface area contributed by atoms with Crippen molar-refractivity contribution in [2.45, 2.75) is 46.2 Å². The van der Waals surface area contributed by atoms with Crippen LogP contribution in [-0.4, -0.2) is 42.5 Å². The van der Waals surface area contributed by atoms with E-state index in [9.17, 15) is 9.59 Å². The molecule has 1 aliphatic heterocycles. The fourth-order valence-electron chi connectivity index (χ4n) is 3.51. The number of ether oxygens (including phenoxy) is 2. The van der Waals surface area contributed by atoms with E-state index in [1.807, 2.05) is 50.2 Å². The van der Waals surface area contributed by atoms with Gasteiger partial charge in [0.25, 0.3) is 0 Å². The van der Waals surface area contributed by atoms with E-state index in [1.165, 1.54) is 0 Å². The van der Waals surface area contributed by atoms with E-state index in [0.29, 0.717) is 49.4 Å². The molecule has 32 heavy (non-hydrogen) atoms. The van der Waals surface area contributed by atoms with Crippen LogP contribution in [0, 0.1) is 5.92 Å². The van der Waals surface area contributed by atoms with E-state index in [-0.39, 0.29) is 18.2 Å². The van der Waals surface area contributed by atoms with Gasteiger partial charge >= 0.3 is 0 Å². The van der Waals surface area contributed by atoms with Gasteiger partial charge in [-0.15, -0.1) is 0 Å². The highest BCUT2D eigenvalue weighted by Crippen LogP contribution is 2.31. The first-order valence-corrected chi connectivity index (χ1v) is 11.4. The molecule has 1 atom stereocenters. The predicted molar refractivity (Wildman–Crippen MR) is 125 cm³/mol. The van der Waals surface area contributed by atoms with Crippen LogP contribution < -0.4 is 14.8 Å². The van der Waals surface area contributed by atoms with Gasteiger partial charge in [0.2, 0.25) is 11.8 Å². The average Bonchev–Trinajstić information content (AvgIpc) is 2.78. The Hall–Kier alpha value is -2.73. The number of benzene rings is 2.